The molecule has 1 N–H and O–H groups in total. The summed E-state index contributed by atoms with van der Waals surface area (Å²) in [4.78, 5) is 32.9. The Morgan fingerprint density at radius 3 is 2.35 bits per heavy atom. The number of urea groups is 1. The number of nitriles is 1. The molecule has 1 heterocycles. The highest BCUT2D eigenvalue weighted by Gasteiger charge is 2.29. The van der Waals surface area contributed by atoms with Crippen molar-refractivity contribution in [1.29, 1.82) is 5.26 Å². The Balaban J connectivity index is 1.81. The fourth-order valence-electron chi connectivity index (χ4n) is 3.16. The number of nitroso groups, excluding NO2 is 1. The monoisotopic (exact) mass is 469 g/mol. The summed E-state index contributed by atoms with van der Waals surface area (Å²) in [6.45, 7) is 0. The molecule has 0 fully saturated rings. The number of aromatic nitrogens is 2. The molecule has 9 nitrogen and oxygen atoms in total. The van der Waals surface area contributed by atoms with Crippen molar-refractivity contribution >= 4 is 46.5 Å². The molecule has 0 aliphatic carbocycles. The topological polar surface area (TPSA) is 115 Å². The minimum atomic E-state index is -1.09. The minimum absolute atomic E-state index is 0.230. The highest BCUT2D eigenvalue weighted by Crippen LogP contribution is 2.34. The van der Waals surface area contributed by atoms with Crippen molar-refractivity contribution in [2.24, 2.45) is 5.18 Å². The summed E-state index contributed by atoms with van der Waals surface area (Å²) in [5, 5.41) is 17.4. The fourth-order valence-corrected chi connectivity index (χ4v) is 3.38. The average molecular weight is 470 g/mol. The lowest BCUT2D eigenvalue weighted by molar-refractivity contribution is 0.254. The number of hydrogen-bond acceptors (Lipinski definition) is 7. The lowest BCUT2D eigenvalue weighted by Gasteiger charge is -2.34. The van der Waals surface area contributed by atoms with Crippen molar-refractivity contribution in [1.82, 2.24) is 9.97 Å². The second-order valence-corrected chi connectivity index (χ2v) is 7.24. The zero-order valence-corrected chi connectivity index (χ0v) is 18.3. The second kappa shape index (κ2) is 10.2. The molecular formula is C24H16ClN7O2. The summed E-state index contributed by atoms with van der Waals surface area (Å²) in [7, 11) is 0. The van der Waals surface area contributed by atoms with E-state index < -0.39 is 6.03 Å². The highest BCUT2D eigenvalue weighted by atomic mass is 35.5. The van der Waals surface area contributed by atoms with Gasteiger partial charge >= 0.3 is 6.03 Å². The third-order valence-corrected chi connectivity index (χ3v) is 4.99. The van der Waals surface area contributed by atoms with E-state index in [2.05, 4.69) is 26.5 Å². The van der Waals surface area contributed by atoms with E-state index in [0.29, 0.717) is 16.9 Å². The first-order chi connectivity index (χ1) is 16.6. The van der Waals surface area contributed by atoms with Crippen molar-refractivity contribution in [2.45, 2.75) is 0 Å². The van der Waals surface area contributed by atoms with Gasteiger partial charge in [-0.15, -0.1) is 4.91 Å². The number of nitrogens with one attached hydrogen (secondary N) is 1. The maximum absolute atomic E-state index is 12.8. The molecule has 0 radical (unpaired) electrons. The SMILES string of the molecule is N#Cc1ccc(Nc2nccc(N(c3ccccc3)N(C(=O)N=O)c3ccccc3Cl)n2)cc1. The molecule has 1 aromatic heterocycles. The van der Waals surface area contributed by atoms with E-state index in [9.17, 15) is 9.70 Å². The number of anilines is 5. The van der Waals surface area contributed by atoms with Gasteiger partial charge in [-0.25, -0.2) is 14.8 Å². The Labute approximate surface area is 199 Å². The number of rotatable bonds is 6. The summed E-state index contributed by atoms with van der Waals surface area (Å²) in [6.07, 6.45) is 1.51. The van der Waals surface area contributed by atoms with Crippen LogP contribution >= 0.6 is 11.6 Å². The van der Waals surface area contributed by atoms with Gasteiger partial charge in [0.1, 0.15) is 0 Å². The first kappa shape index (κ1) is 22.4. The molecule has 0 saturated carbocycles. The first-order valence-corrected chi connectivity index (χ1v) is 10.4. The van der Waals surface area contributed by atoms with Crippen LogP contribution in [0.1, 0.15) is 5.56 Å². The van der Waals surface area contributed by atoms with Crippen LogP contribution in [0.2, 0.25) is 5.02 Å². The number of benzene rings is 3. The second-order valence-electron chi connectivity index (χ2n) is 6.84. The van der Waals surface area contributed by atoms with Crippen LogP contribution in [0.3, 0.4) is 0 Å². The lowest BCUT2D eigenvalue weighted by Crippen LogP contribution is -2.43. The number of nitrogens with zero attached hydrogens (tertiary/aromatic N) is 6. The zero-order chi connectivity index (χ0) is 23.9. The van der Waals surface area contributed by atoms with E-state index in [-0.39, 0.29) is 22.5 Å². The number of hydrazine groups is 1. The summed E-state index contributed by atoms with van der Waals surface area (Å²) in [6, 6.07) is 24.8. The summed E-state index contributed by atoms with van der Waals surface area (Å²) >= 11 is 6.37. The summed E-state index contributed by atoms with van der Waals surface area (Å²) < 4.78 is 0. The Kier molecular flexibility index (Phi) is 6.72. The normalized spacial score (nSPS) is 10.1. The van der Waals surface area contributed by atoms with Gasteiger partial charge in [0.2, 0.25) is 5.95 Å². The van der Waals surface area contributed by atoms with E-state index in [4.69, 9.17) is 16.9 Å². The Morgan fingerprint density at radius 1 is 0.971 bits per heavy atom. The van der Waals surface area contributed by atoms with E-state index >= 15 is 0 Å². The molecule has 4 rings (SSSR count). The van der Waals surface area contributed by atoms with Crippen molar-refractivity contribution in [3.05, 3.63) is 107 Å². The van der Waals surface area contributed by atoms with Crippen LogP contribution in [0.15, 0.2) is 96.3 Å². The molecule has 0 unspecified atom stereocenters. The third-order valence-electron chi connectivity index (χ3n) is 4.67. The predicted molar refractivity (Wildman–Crippen MR) is 130 cm³/mol. The molecule has 0 spiro atoms. The number of para-hydroxylation sites is 2. The number of carbonyl (C=O) groups excluding carboxylic acids is 1. The number of hydrogen-bond donors (Lipinski definition) is 1. The number of carbonyl (C=O) groups is 1. The molecule has 34 heavy (non-hydrogen) atoms. The maximum Gasteiger partial charge on any atom is 0.404 e. The van der Waals surface area contributed by atoms with Crippen LogP contribution in [0.25, 0.3) is 0 Å². The van der Waals surface area contributed by atoms with Gasteiger partial charge in [-0.2, -0.15) is 15.3 Å². The Bertz CT molecular complexity index is 1360. The first-order valence-electron chi connectivity index (χ1n) is 9.98. The molecule has 0 bridgehead atoms. The van der Waals surface area contributed by atoms with Gasteiger partial charge in [0.25, 0.3) is 0 Å². The zero-order valence-electron chi connectivity index (χ0n) is 17.5. The molecule has 0 atom stereocenters. The molecule has 3 aromatic carbocycles. The van der Waals surface area contributed by atoms with Gasteiger partial charge in [0.15, 0.2) is 5.82 Å². The van der Waals surface area contributed by atoms with Gasteiger partial charge in [-0.3, -0.25) is 0 Å². The van der Waals surface area contributed by atoms with Crippen LogP contribution in [-0.4, -0.2) is 16.0 Å². The smallest absolute Gasteiger partial charge is 0.324 e. The lowest BCUT2D eigenvalue weighted by atomic mass is 10.2. The van der Waals surface area contributed by atoms with Gasteiger partial charge in [-0.1, -0.05) is 41.9 Å². The molecule has 0 aliphatic heterocycles. The molecule has 4 aromatic rings. The fraction of sp³-hybridized carbons (Fsp3) is 0. The minimum Gasteiger partial charge on any atom is -0.324 e. The highest BCUT2D eigenvalue weighted by molar-refractivity contribution is 6.34. The van der Waals surface area contributed by atoms with Crippen LogP contribution in [-0.2, 0) is 0 Å². The quantitative estimate of drug-likeness (QED) is 0.264. The molecule has 2 amide bonds. The van der Waals surface area contributed by atoms with Gasteiger partial charge < -0.3 is 5.32 Å². The predicted octanol–water partition coefficient (Wildman–Crippen LogP) is 6.19. The number of amides is 2. The van der Waals surface area contributed by atoms with Gasteiger partial charge in [-0.05, 0) is 48.5 Å². The van der Waals surface area contributed by atoms with Crippen LogP contribution < -0.4 is 15.3 Å². The van der Waals surface area contributed by atoms with Gasteiger partial charge in [0, 0.05) is 23.1 Å². The number of halogens is 1. The van der Waals surface area contributed by atoms with E-state index in [0.717, 1.165) is 5.01 Å². The largest absolute Gasteiger partial charge is 0.404 e. The molecule has 0 saturated heterocycles. The van der Waals surface area contributed by atoms with Crippen LogP contribution in [0.4, 0.5) is 33.6 Å². The molecule has 10 heteroatoms. The van der Waals surface area contributed by atoms with Crippen molar-refractivity contribution in [3.8, 4) is 6.07 Å². The van der Waals surface area contributed by atoms with E-state index in [1.165, 1.54) is 11.2 Å². The molecular weight excluding hydrogens is 454 g/mol. The standard InChI is InChI=1S/C24H16ClN7O2/c25-20-8-4-5-9-21(20)32(24(33)30-34)31(19-6-2-1-3-7-19)22-14-15-27-23(29-22)28-18-12-10-17(16-26)11-13-18/h1-15H,(H,27,28,29). The van der Waals surface area contributed by atoms with Crippen LogP contribution in [0.5, 0.6) is 0 Å². The van der Waals surface area contributed by atoms with E-state index in [1.54, 1.807) is 78.9 Å². The summed E-state index contributed by atoms with van der Waals surface area (Å²) in [5.74, 6) is 0.503. The van der Waals surface area contributed by atoms with Crippen molar-refractivity contribution in [2.75, 3.05) is 15.3 Å². The van der Waals surface area contributed by atoms with Gasteiger partial charge in [0.05, 0.1) is 28.0 Å². The summed E-state index contributed by atoms with van der Waals surface area (Å²) in [5.41, 5.74) is 1.96. The third kappa shape index (κ3) is 4.82. The Hall–Kier alpha value is -4.81. The van der Waals surface area contributed by atoms with Crippen molar-refractivity contribution in [3.63, 3.8) is 0 Å². The maximum atomic E-state index is 12.8. The van der Waals surface area contributed by atoms with Crippen molar-refractivity contribution < 1.29 is 4.79 Å². The Morgan fingerprint density at radius 2 is 1.68 bits per heavy atom. The molecule has 166 valence electrons. The van der Waals surface area contributed by atoms with E-state index in [1.807, 2.05) is 6.07 Å². The molecule has 0 aliphatic rings. The average Bonchev–Trinajstić information content (AvgIpc) is 2.88. The van der Waals surface area contributed by atoms with Crippen LogP contribution in [0, 0.1) is 16.2 Å².